The van der Waals surface area contributed by atoms with Gasteiger partial charge in [-0.1, -0.05) is 0 Å². The Bertz CT molecular complexity index is 1080. The Morgan fingerprint density at radius 2 is 1.73 bits per heavy atom. The van der Waals surface area contributed by atoms with Gasteiger partial charge in [0.2, 0.25) is 10.0 Å². The van der Waals surface area contributed by atoms with Crippen LogP contribution in [0.15, 0.2) is 46.2 Å². The first kappa shape index (κ1) is 18.8. The Kier molecular flexibility index (Phi) is 4.58. The summed E-state index contributed by atoms with van der Waals surface area (Å²) in [5.41, 5.74) is 1.42. The summed E-state index contributed by atoms with van der Waals surface area (Å²) in [4.78, 5) is 0.162. The molecule has 0 spiro atoms. The first-order valence-corrected chi connectivity index (χ1v) is 10.8. The fourth-order valence-corrected chi connectivity index (χ4v) is 5.65. The van der Waals surface area contributed by atoms with Gasteiger partial charge in [0.1, 0.15) is 5.82 Å². The highest BCUT2D eigenvalue weighted by atomic mass is 32.2. The van der Waals surface area contributed by atoms with E-state index in [0.29, 0.717) is 23.2 Å². The molecule has 1 heterocycles. The van der Waals surface area contributed by atoms with E-state index in [2.05, 4.69) is 0 Å². The van der Waals surface area contributed by atoms with Gasteiger partial charge in [-0.05, 0) is 60.9 Å². The molecule has 2 aromatic carbocycles. The molecule has 0 N–H and O–H groups in total. The second-order valence-electron chi connectivity index (χ2n) is 6.31. The standard InChI is InChI=1S/C17H19FN2O4S2/c1-12-10-14(18)4-7-17(12)26(23,24)20-9-8-13-11-15(5-6-16(13)20)25(21,22)19(2)3/h4-7,10-11H,8-9H2,1-3H3. The third-order valence-electron chi connectivity index (χ3n) is 4.39. The molecule has 6 nitrogen and oxygen atoms in total. The van der Waals surface area contributed by atoms with E-state index in [1.807, 2.05) is 0 Å². The molecule has 0 aliphatic carbocycles. The molecule has 9 heteroatoms. The quantitative estimate of drug-likeness (QED) is 0.791. The molecular weight excluding hydrogens is 379 g/mol. The molecule has 1 aliphatic rings. The fraction of sp³-hybridized carbons (Fsp3) is 0.294. The molecule has 0 unspecified atom stereocenters. The smallest absolute Gasteiger partial charge is 0.264 e. The van der Waals surface area contributed by atoms with Crippen molar-refractivity contribution in [1.29, 1.82) is 0 Å². The number of hydrogen-bond acceptors (Lipinski definition) is 4. The van der Waals surface area contributed by atoms with Crippen LogP contribution in [0.5, 0.6) is 0 Å². The van der Waals surface area contributed by atoms with Crippen LogP contribution in [0.2, 0.25) is 0 Å². The van der Waals surface area contributed by atoms with Gasteiger partial charge >= 0.3 is 0 Å². The lowest BCUT2D eigenvalue weighted by Gasteiger charge is -2.21. The Morgan fingerprint density at radius 1 is 1.04 bits per heavy atom. The summed E-state index contributed by atoms with van der Waals surface area (Å²) in [5, 5.41) is 0. The van der Waals surface area contributed by atoms with Crippen molar-refractivity contribution in [2.75, 3.05) is 24.9 Å². The lowest BCUT2D eigenvalue weighted by molar-refractivity contribution is 0.520. The first-order chi connectivity index (χ1) is 12.0. The zero-order valence-corrected chi connectivity index (χ0v) is 16.2. The molecule has 1 aliphatic heterocycles. The first-order valence-electron chi connectivity index (χ1n) is 7.89. The van der Waals surface area contributed by atoms with Crippen LogP contribution in [-0.4, -0.2) is 41.8 Å². The summed E-state index contributed by atoms with van der Waals surface area (Å²) in [6.07, 6.45) is 0.408. The number of hydrogen-bond donors (Lipinski definition) is 0. The second kappa shape index (κ2) is 6.33. The molecule has 0 bridgehead atoms. The summed E-state index contributed by atoms with van der Waals surface area (Å²) in [5.74, 6) is -0.498. The van der Waals surface area contributed by atoms with E-state index in [0.717, 1.165) is 10.4 Å². The van der Waals surface area contributed by atoms with Gasteiger partial charge in [0.15, 0.2) is 0 Å². The van der Waals surface area contributed by atoms with Crippen LogP contribution in [0.3, 0.4) is 0 Å². The molecule has 3 rings (SSSR count). The van der Waals surface area contributed by atoms with Crippen LogP contribution < -0.4 is 4.31 Å². The number of benzene rings is 2. The molecule has 140 valence electrons. The molecule has 0 atom stereocenters. The highest BCUT2D eigenvalue weighted by Crippen LogP contribution is 2.35. The molecule has 0 saturated carbocycles. The van der Waals surface area contributed by atoms with E-state index in [1.165, 1.54) is 48.7 Å². The SMILES string of the molecule is Cc1cc(F)ccc1S(=O)(=O)N1CCc2cc(S(=O)(=O)N(C)C)ccc21. The number of anilines is 1. The number of rotatable bonds is 4. The van der Waals surface area contributed by atoms with E-state index >= 15 is 0 Å². The van der Waals surface area contributed by atoms with E-state index in [-0.39, 0.29) is 16.3 Å². The van der Waals surface area contributed by atoms with Gasteiger partial charge in [-0.3, -0.25) is 4.31 Å². The third-order valence-corrected chi connectivity index (χ3v) is 8.17. The van der Waals surface area contributed by atoms with Crippen LogP contribution in [0.1, 0.15) is 11.1 Å². The van der Waals surface area contributed by atoms with E-state index in [9.17, 15) is 21.2 Å². The van der Waals surface area contributed by atoms with Crippen LogP contribution >= 0.6 is 0 Å². The fourth-order valence-electron chi connectivity index (χ4n) is 2.99. The average Bonchev–Trinajstić information content (AvgIpc) is 2.98. The molecular formula is C17H19FN2O4S2. The minimum atomic E-state index is -3.86. The minimum Gasteiger partial charge on any atom is -0.266 e. The topological polar surface area (TPSA) is 74.8 Å². The Labute approximate surface area is 153 Å². The maximum absolute atomic E-state index is 13.3. The second-order valence-corrected chi connectivity index (χ2v) is 10.3. The van der Waals surface area contributed by atoms with Crippen molar-refractivity contribution in [2.45, 2.75) is 23.1 Å². The van der Waals surface area contributed by atoms with Crippen molar-refractivity contribution < 1.29 is 21.2 Å². The predicted octanol–water partition coefficient (Wildman–Crippen LogP) is 2.14. The van der Waals surface area contributed by atoms with Gasteiger partial charge in [0.05, 0.1) is 15.5 Å². The predicted molar refractivity (Wildman–Crippen MR) is 96.7 cm³/mol. The van der Waals surface area contributed by atoms with Crippen LogP contribution in [0.25, 0.3) is 0 Å². The van der Waals surface area contributed by atoms with Crippen molar-refractivity contribution in [2.24, 2.45) is 0 Å². The van der Waals surface area contributed by atoms with Crippen LogP contribution in [0, 0.1) is 12.7 Å². The van der Waals surface area contributed by atoms with Gasteiger partial charge < -0.3 is 0 Å². The molecule has 0 radical (unpaired) electrons. The van der Waals surface area contributed by atoms with E-state index < -0.39 is 25.9 Å². The summed E-state index contributed by atoms with van der Waals surface area (Å²) in [7, 11) is -4.57. The van der Waals surface area contributed by atoms with Crippen LogP contribution in [0.4, 0.5) is 10.1 Å². The highest BCUT2D eigenvalue weighted by molar-refractivity contribution is 7.93. The monoisotopic (exact) mass is 398 g/mol. The van der Waals surface area contributed by atoms with Crippen molar-refractivity contribution in [1.82, 2.24) is 4.31 Å². The number of aryl methyl sites for hydroxylation is 1. The van der Waals surface area contributed by atoms with E-state index in [1.54, 1.807) is 6.92 Å². The maximum atomic E-state index is 13.3. The largest absolute Gasteiger partial charge is 0.266 e. The Hall–Kier alpha value is -1.97. The third kappa shape index (κ3) is 3.00. The summed E-state index contributed by atoms with van der Waals surface area (Å²) >= 11 is 0. The number of sulfonamides is 2. The summed E-state index contributed by atoms with van der Waals surface area (Å²) in [6.45, 7) is 1.75. The highest BCUT2D eigenvalue weighted by Gasteiger charge is 2.33. The lowest BCUT2D eigenvalue weighted by Crippen LogP contribution is -2.29. The molecule has 0 amide bonds. The molecule has 0 saturated heterocycles. The summed E-state index contributed by atoms with van der Waals surface area (Å²) in [6, 6.07) is 7.97. The van der Waals surface area contributed by atoms with E-state index in [4.69, 9.17) is 0 Å². The van der Waals surface area contributed by atoms with Crippen molar-refractivity contribution in [3.05, 3.63) is 53.3 Å². The molecule has 0 fully saturated rings. The zero-order chi connectivity index (χ0) is 19.3. The average molecular weight is 398 g/mol. The number of nitrogens with zero attached hydrogens (tertiary/aromatic N) is 2. The van der Waals surface area contributed by atoms with Gasteiger partial charge in [0.25, 0.3) is 10.0 Å². The lowest BCUT2D eigenvalue weighted by atomic mass is 10.2. The van der Waals surface area contributed by atoms with Gasteiger partial charge in [0, 0.05) is 20.6 Å². The number of halogens is 1. The van der Waals surface area contributed by atoms with Gasteiger partial charge in [-0.25, -0.2) is 25.5 Å². The van der Waals surface area contributed by atoms with Crippen molar-refractivity contribution in [3.63, 3.8) is 0 Å². The van der Waals surface area contributed by atoms with Gasteiger partial charge in [-0.15, -0.1) is 0 Å². The summed E-state index contributed by atoms with van der Waals surface area (Å²) < 4.78 is 66.2. The zero-order valence-electron chi connectivity index (χ0n) is 14.6. The Morgan fingerprint density at radius 3 is 2.35 bits per heavy atom. The molecule has 2 aromatic rings. The van der Waals surface area contributed by atoms with Crippen LogP contribution in [-0.2, 0) is 26.5 Å². The molecule has 0 aromatic heterocycles. The van der Waals surface area contributed by atoms with Crippen molar-refractivity contribution >= 4 is 25.7 Å². The normalized spacial score (nSPS) is 14.7. The molecule has 26 heavy (non-hydrogen) atoms. The number of fused-ring (bicyclic) bond motifs is 1. The maximum Gasteiger partial charge on any atom is 0.264 e. The minimum absolute atomic E-state index is 0.0386. The Balaban J connectivity index is 2.05. The van der Waals surface area contributed by atoms with Crippen molar-refractivity contribution in [3.8, 4) is 0 Å². The van der Waals surface area contributed by atoms with Gasteiger partial charge in [-0.2, -0.15) is 0 Å².